The van der Waals surface area contributed by atoms with Crippen molar-refractivity contribution in [3.63, 3.8) is 0 Å². The third-order valence-electron chi connectivity index (χ3n) is 2.45. The van der Waals surface area contributed by atoms with Gasteiger partial charge in [-0.05, 0) is 24.7 Å². The molecule has 0 heterocycles. The minimum absolute atomic E-state index is 0.0941. The van der Waals surface area contributed by atoms with Crippen LogP contribution in [-0.2, 0) is 0 Å². The number of aliphatic hydroxyl groups excluding tert-OH is 1. The van der Waals surface area contributed by atoms with Crippen molar-refractivity contribution in [1.29, 1.82) is 0 Å². The number of rotatable bonds is 0. The second-order valence-electron chi connectivity index (χ2n) is 3.57. The lowest BCUT2D eigenvalue weighted by atomic mass is 9.80. The second kappa shape index (κ2) is 3.14. The lowest BCUT2D eigenvalue weighted by molar-refractivity contribution is 0.0360. The molecule has 0 amide bonds. The Labute approximate surface area is 68.2 Å². The summed E-state index contributed by atoms with van der Waals surface area (Å²) >= 11 is 4.41. The van der Waals surface area contributed by atoms with Crippen LogP contribution in [0, 0.1) is 11.8 Å². The maximum Gasteiger partial charge on any atom is 0.0592 e. The van der Waals surface area contributed by atoms with Gasteiger partial charge in [0.05, 0.1) is 6.10 Å². The van der Waals surface area contributed by atoms with E-state index in [1.54, 1.807) is 0 Å². The van der Waals surface area contributed by atoms with Crippen LogP contribution < -0.4 is 0 Å². The maximum absolute atomic E-state index is 9.53. The van der Waals surface area contributed by atoms with Crippen molar-refractivity contribution in [3.05, 3.63) is 0 Å². The molecule has 0 aromatic carbocycles. The molecule has 0 radical (unpaired) electrons. The first-order chi connectivity index (χ1) is 4.61. The van der Waals surface area contributed by atoms with Crippen molar-refractivity contribution in [2.45, 2.75) is 38.0 Å². The average molecular weight is 160 g/mol. The van der Waals surface area contributed by atoms with Gasteiger partial charge in [-0.15, -0.1) is 0 Å². The van der Waals surface area contributed by atoms with Crippen molar-refractivity contribution < 1.29 is 5.11 Å². The molecule has 2 heteroatoms. The van der Waals surface area contributed by atoms with E-state index in [-0.39, 0.29) is 6.10 Å². The lowest BCUT2D eigenvalue weighted by Gasteiger charge is -2.33. The Morgan fingerprint density at radius 1 is 1.20 bits per heavy atom. The van der Waals surface area contributed by atoms with E-state index in [1.807, 2.05) is 0 Å². The van der Waals surface area contributed by atoms with Crippen LogP contribution >= 0.6 is 12.6 Å². The maximum atomic E-state index is 9.53. The van der Waals surface area contributed by atoms with Crippen LogP contribution in [0.25, 0.3) is 0 Å². The summed E-state index contributed by atoms with van der Waals surface area (Å²) in [7, 11) is 0. The molecule has 1 aliphatic carbocycles. The van der Waals surface area contributed by atoms with Gasteiger partial charge in [-0.3, -0.25) is 0 Å². The summed E-state index contributed by atoms with van der Waals surface area (Å²) in [4.78, 5) is 0. The zero-order valence-electron chi connectivity index (χ0n) is 6.62. The fraction of sp³-hybridized carbons (Fsp3) is 1.00. The normalized spacial score (nSPS) is 49.2. The van der Waals surface area contributed by atoms with Crippen LogP contribution in [0.15, 0.2) is 0 Å². The summed E-state index contributed by atoms with van der Waals surface area (Å²) in [5, 5.41) is 10.0. The van der Waals surface area contributed by atoms with Crippen LogP contribution in [0.1, 0.15) is 26.7 Å². The molecule has 10 heavy (non-hydrogen) atoms. The van der Waals surface area contributed by atoms with Crippen LogP contribution in [0.4, 0.5) is 0 Å². The minimum atomic E-state index is -0.0941. The van der Waals surface area contributed by atoms with Crippen molar-refractivity contribution >= 4 is 12.6 Å². The highest BCUT2D eigenvalue weighted by atomic mass is 32.1. The van der Waals surface area contributed by atoms with E-state index in [0.29, 0.717) is 17.1 Å². The molecule has 1 aliphatic rings. The molecule has 2 unspecified atom stereocenters. The Hall–Kier alpha value is 0.310. The Morgan fingerprint density at radius 3 is 2.00 bits per heavy atom. The van der Waals surface area contributed by atoms with E-state index in [9.17, 15) is 5.11 Å². The molecule has 0 spiro atoms. The molecule has 0 bridgehead atoms. The van der Waals surface area contributed by atoms with E-state index in [4.69, 9.17) is 0 Å². The monoisotopic (exact) mass is 160 g/mol. The molecule has 60 valence electrons. The Bertz CT molecular complexity index is 104. The molecule has 0 saturated heterocycles. The fourth-order valence-electron chi connectivity index (χ4n) is 1.79. The molecular formula is C8H16OS. The molecule has 0 aromatic rings. The summed E-state index contributed by atoms with van der Waals surface area (Å²) in [6.07, 6.45) is 2.03. The SMILES string of the molecule is CC1CC(S)CC(C)C1O. The van der Waals surface area contributed by atoms with Crippen molar-refractivity contribution in [2.75, 3.05) is 0 Å². The minimum Gasteiger partial charge on any atom is -0.393 e. The summed E-state index contributed by atoms with van der Waals surface area (Å²) in [6.45, 7) is 4.20. The number of hydrogen-bond acceptors (Lipinski definition) is 2. The summed E-state index contributed by atoms with van der Waals surface area (Å²) < 4.78 is 0. The van der Waals surface area contributed by atoms with Crippen molar-refractivity contribution in [3.8, 4) is 0 Å². The van der Waals surface area contributed by atoms with E-state index >= 15 is 0 Å². The van der Waals surface area contributed by atoms with Crippen LogP contribution in [0.3, 0.4) is 0 Å². The smallest absolute Gasteiger partial charge is 0.0592 e. The van der Waals surface area contributed by atoms with Crippen molar-refractivity contribution in [1.82, 2.24) is 0 Å². The van der Waals surface area contributed by atoms with Gasteiger partial charge in [-0.2, -0.15) is 12.6 Å². The predicted octanol–water partition coefficient (Wildman–Crippen LogP) is 1.71. The van der Waals surface area contributed by atoms with Gasteiger partial charge in [0, 0.05) is 5.25 Å². The first kappa shape index (κ1) is 8.41. The molecule has 1 rings (SSSR count). The Kier molecular flexibility index (Phi) is 2.64. The Morgan fingerprint density at radius 2 is 1.60 bits per heavy atom. The molecule has 2 atom stereocenters. The van der Waals surface area contributed by atoms with E-state index in [0.717, 1.165) is 12.8 Å². The Balaban J connectivity index is 2.49. The quantitative estimate of drug-likeness (QED) is 0.517. The van der Waals surface area contributed by atoms with Gasteiger partial charge in [-0.1, -0.05) is 13.8 Å². The molecule has 0 aromatic heterocycles. The molecule has 1 nitrogen and oxygen atoms in total. The topological polar surface area (TPSA) is 20.2 Å². The highest BCUT2D eigenvalue weighted by Crippen LogP contribution is 2.31. The highest BCUT2D eigenvalue weighted by Gasteiger charge is 2.29. The average Bonchev–Trinajstić information content (AvgIpc) is 1.82. The number of aliphatic hydroxyl groups is 1. The van der Waals surface area contributed by atoms with Crippen LogP contribution in [0.5, 0.6) is 0 Å². The van der Waals surface area contributed by atoms with Gasteiger partial charge >= 0.3 is 0 Å². The number of thiol groups is 1. The zero-order chi connectivity index (χ0) is 7.72. The molecule has 1 N–H and O–H groups in total. The van der Waals surface area contributed by atoms with Gasteiger partial charge in [0.2, 0.25) is 0 Å². The van der Waals surface area contributed by atoms with Crippen LogP contribution in [0.2, 0.25) is 0 Å². The number of hydrogen-bond donors (Lipinski definition) is 2. The summed E-state index contributed by atoms with van der Waals surface area (Å²) in [5.41, 5.74) is 0. The predicted molar refractivity (Wildman–Crippen MR) is 46.3 cm³/mol. The van der Waals surface area contributed by atoms with Gasteiger partial charge in [-0.25, -0.2) is 0 Å². The fourth-order valence-corrected chi connectivity index (χ4v) is 2.46. The third kappa shape index (κ3) is 1.67. The van der Waals surface area contributed by atoms with Gasteiger partial charge in [0.15, 0.2) is 0 Å². The summed E-state index contributed by atoms with van der Waals surface area (Å²) in [5.74, 6) is 0.873. The van der Waals surface area contributed by atoms with Gasteiger partial charge in [0.1, 0.15) is 0 Å². The van der Waals surface area contributed by atoms with E-state index < -0.39 is 0 Å². The van der Waals surface area contributed by atoms with Gasteiger partial charge in [0.25, 0.3) is 0 Å². The van der Waals surface area contributed by atoms with E-state index in [2.05, 4.69) is 26.5 Å². The van der Waals surface area contributed by atoms with Crippen LogP contribution in [-0.4, -0.2) is 16.5 Å². The summed E-state index contributed by atoms with van der Waals surface area (Å²) in [6, 6.07) is 0. The third-order valence-corrected chi connectivity index (χ3v) is 2.88. The zero-order valence-corrected chi connectivity index (χ0v) is 7.51. The lowest BCUT2D eigenvalue weighted by Crippen LogP contribution is -2.34. The largest absolute Gasteiger partial charge is 0.393 e. The highest BCUT2D eigenvalue weighted by molar-refractivity contribution is 7.80. The molecular weight excluding hydrogens is 144 g/mol. The van der Waals surface area contributed by atoms with Gasteiger partial charge < -0.3 is 5.11 Å². The van der Waals surface area contributed by atoms with E-state index in [1.165, 1.54) is 0 Å². The second-order valence-corrected chi connectivity index (χ2v) is 4.30. The molecule has 0 aliphatic heterocycles. The molecule has 1 saturated carbocycles. The first-order valence-corrected chi connectivity index (χ1v) is 4.49. The molecule has 1 fully saturated rings. The first-order valence-electron chi connectivity index (χ1n) is 3.97. The van der Waals surface area contributed by atoms with Crippen molar-refractivity contribution in [2.24, 2.45) is 11.8 Å². The standard InChI is InChI=1S/C8H16OS/c1-5-3-7(10)4-6(2)8(5)9/h5-10H,3-4H2,1-2H3.